The van der Waals surface area contributed by atoms with Crippen LogP contribution in [0.5, 0.6) is 0 Å². The fourth-order valence-corrected chi connectivity index (χ4v) is 1.86. The van der Waals surface area contributed by atoms with Gasteiger partial charge in [0.25, 0.3) is 0 Å². The van der Waals surface area contributed by atoms with Gasteiger partial charge in [-0.1, -0.05) is 0 Å². The molecule has 0 aromatic heterocycles. The quantitative estimate of drug-likeness (QED) is 0.602. The number of primary amides is 1. The van der Waals surface area contributed by atoms with Crippen LogP contribution in [0, 0.1) is 5.92 Å². The van der Waals surface area contributed by atoms with Crippen LogP contribution in [0.4, 0.5) is 0 Å². The zero-order valence-electron chi connectivity index (χ0n) is 10.8. The van der Waals surface area contributed by atoms with Gasteiger partial charge >= 0.3 is 0 Å². The number of carbonyl (C=O) groups is 1. The Labute approximate surface area is 103 Å². The van der Waals surface area contributed by atoms with Crippen LogP contribution >= 0.6 is 0 Å². The minimum absolute atomic E-state index is 0.316. The summed E-state index contributed by atoms with van der Waals surface area (Å²) in [5, 5.41) is 2.96. The van der Waals surface area contributed by atoms with E-state index in [0.29, 0.717) is 18.9 Å². The Morgan fingerprint density at radius 1 is 1.65 bits per heavy atom. The number of hydrogen-bond acceptors (Lipinski definition) is 4. The maximum Gasteiger partial charge on any atom is 0.237 e. The molecule has 0 spiro atoms. The monoisotopic (exact) mass is 244 g/mol. The number of amides is 1. The van der Waals surface area contributed by atoms with E-state index in [-0.39, 0.29) is 5.91 Å². The van der Waals surface area contributed by atoms with Gasteiger partial charge < -0.3 is 20.5 Å². The van der Waals surface area contributed by atoms with Crippen molar-refractivity contribution in [2.45, 2.75) is 31.7 Å². The second-order valence-corrected chi connectivity index (χ2v) is 4.85. The van der Waals surface area contributed by atoms with Crippen LogP contribution < -0.4 is 11.1 Å². The predicted octanol–water partition coefficient (Wildman–Crippen LogP) is 0.283. The van der Waals surface area contributed by atoms with Gasteiger partial charge in [-0.3, -0.25) is 4.79 Å². The molecule has 0 aliphatic carbocycles. The third-order valence-corrected chi connectivity index (χ3v) is 3.44. The molecule has 17 heavy (non-hydrogen) atoms. The Kier molecular flexibility index (Phi) is 5.88. The summed E-state index contributed by atoms with van der Waals surface area (Å²) < 4.78 is 10.8. The first-order valence-electron chi connectivity index (χ1n) is 6.23. The van der Waals surface area contributed by atoms with Crippen LogP contribution in [0.25, 0.3) is 0 Å². The highest BCUT2D eigenvalue weighted by molar-refractivity contribution is 5.84. The van der Waals surface area contributed by atoms with Crippen molar-refractivity contribution in [2.75, 3.05) is 33.5 Å². The summed E-state index contributed by atoms with van der Waals surface area (Å²) in [4.78, 5) is 11.2. The highest BCUT2D eigenvalue weighted by Crippen LogP contribution is 2.14. The molecule has 1 heterocycles. The fourth-order valence-electron chi connectivity index (χ4n) is 1.86. The number of rotatable bonds is 8. The van der Waals surface area contributed by atoms with E-state index in [9.17, 15) is 4.79 Å². The summed E-state index contributed by atoms with van der Waals surface area (Å²) >= 11 is 0. The number of nitrogens with two attached hydrogens (primary N) is 1. The van der Waals surface area contributed by atoms with Crippen LogP contribution in [0.3, 0.4) is 0 Å². The summed E-state index contributed by atoms with van der Waals surface area (Å²) in [5.74, 6) is 0.228. The smallest absolute Gasteiger partial charge is 0.237 e. The first-order chi connectivity index (χ1) is 8.08. The zero-order valence-corrected chi connectivity index (χ0v) is 10.8. The average molecular weight is 244 g/mol. The Morgan fingerprint density at radius 3 is 2.94 bits per heavy atom. The van der Waals surface area contributed by atoms with Gasteiger partial charge in [-0.05, 0) is 33.2 Å². The SMILES string of the molecule is CNC(C)(CCCOCC1CCOC1)C(N)=O. The molecule has 5 nitrogen and oxygen atoms in total. The van der Waals surface area contributed by atoms with Gasteiger partial charge in [-0.25, -0.2) is 0 Å². The van der Waals surface area contributed by atoms with Gasteiger partial charge in [0.1, 0.15) is 0 Å². The predicted molar refractivity (Wildman–Crippen MR) is 65.6 cm³/mol. The molecule has 1 fully saturated rings. The van der Waals surface area contributed by atoms with Crippen LogP contribution in [0.2, 0.25) is 0 Å². The average Bonchev–Trinajstić information content (AvgIpc) is 2.81. The van der Waals surface area contributed by atoms with Gasteiger partial charge in [-0.2, -0.15) is 0 Å². The van der Waals surface area contributed by atoms with Crippen molar-refractivity contribution in [3.63, 3.8) is 0 Å². The molecule has 1 rings (SSSR count). The molecule has 5 heteroatoms. The normalized spacial score (nSPS) is 23.5. The van der Waals surface area contributed by atoms with Crippen molar-refractivity contribution < 1.29 is 14.3 Å². The summed E-state index contributed by atoms with van der Waals surface area (Å²) in [6, 6.07) is 0. The number of carbonyl (C=O) groups excluding carboxylic acids is 1. The van der Waals surface area contributed by atoms with E-state index in [4.69, 9.17) is 15.2 Å². The molecule has 2 unspecified atom stereocenters. The number of nitrogens with one attached hydrogen (secondary N) is 1. The van der Waals surface area contributed by atoms with Crippen LogP contribution in [0.1, 0.15) is 26.2 Å². The molecule has 3 N–H and O–H groups in total. The number of ether oxygens (including phenoxy) is 2. The highest BCUT2D eigenvalue weighted by atomic mass is 16.5. The minimum atomic E-state index is -0.625. The lowest BCUT2D eigenvalue weighted by Crippen LogP contribution is -2.51. The zero-order chi connectivity index (χ0) is 12.7. The van der Waals surface area contributed by atoms with Crippen molar-refractivity contribution in [3.05, 3.63) is 0 Å². The molecule has 0 aromatic rings. The topological polar surface area (TPSA) is 73.6 Å². The molecule has 1 aliphatic rings. The summed E-state index contributed by atoms with van der Waals surface area (Å²) in [5.41, 5.74) is 4.71. The lowest BCUT2D eigenvalue weighted by atomic mass is 9.95. The van der Waals surface area contributed by atoms with E-state index in [1.165, 1.54) is 0 Å². The van der Waals surface area contributed by atoms with Crippen molar-refractivity contribution >= 4 is 5.91 Å². The van der Waals surface area contributed by atoms with Crippen LogP contribution in [0.15, 0.2) is 0 Å². The molecule has 0 aromatic carbocycles. The maximum absolute atomic E-state index is 11.2. The molecule has 0 bridgehead atoms. The molecule has 1 amide bonds. The summed E-state index contributed by atoms with van der Waals surface area (Å²) in [7, 11) is 1.75. The molecule has 0 saturated carbocycles. The van der Waals surface area contributed by atoms with E-state index < -0.39 is 5.54 Å². The van der Waals surface area contributed by atoms with Gasteiger partial charge in [0, 0.05) is 19.1 Å². The minimum Gasteiger partial charge on any atom is -0.381 e. The molecular weight excluding hydrogens is 220 g/mol. The Bertz CT molecular complexity index is 242. The van der Waals surface area contributed by atoms with Crippen molar-refractivity contribution in [1.82, 2.24) is 5.32 Å². The third kappa shape index (κ3) is 4.61. The first kappa shape index (κ1) is 14.4. The van der Waals surface area contributed by atoms with Crippen LogP contribution in [-0.4, -0.2) is 44.9 Å². The largest absolute Gasteiger partial charge is 0.381 e. The van der Waals surface area contributed by atoms with E-state index in [0.717, 1.165) is 32.7 Å². The fraction of sp³-hybridized carbons (Fsp3) is 0.917. The standard InChI is InChI=1S/C12H24N2O3/c1-12(14-2,11(13)15)5-3-6-16-8-10-4-7-17-9-10/h10,14H,3-9H2,1-2H3,(H2,13,15). The Hall–Kier alpha value is -0.650. The van der Waals surface area contributed by atoms with E-state index in [2.05, 4.69) is 5.32 Å². The number of likely N-dealkylation sites (N-methyl/N-ethyl adjacent to an activating group) is 1. The molecule has 2 atom stereocenters. The van der Waals surface area contributed by atoms with E-state index in [1.807, 2.05) is 6.92 Å². The molecular formula is C12H24N2O3. The third-order valence-electron chi connectivity index (χ3n) is 3.44. The lowest BCUT2D eigenvalue weighted by molar-refractivity contribution is -0.124. The Balaban J connectivity index is 2.08. The van der Waals surface area contributed by atoms with Crippen molar-refractivity contribution in [3.8, 4) is 0 Å². The van der Waals surface area contributed by atoms with E-state index in [1.54, 1.807) is 7.05 Å². The van der Waals surface area contributed by atoms with Crippen molar-refractivity contribution in [2.24, 2.45) is 11.7 Å². The van der Waals surface area contributed by atoms with Crippen LogP contribution in [-0.2, 0) is 14.3 Å². The molecule has 0 radical (unpaired) electrons. The molecule has 1 aliphatic heterocycles. The van der Waals surface area contributed by atoms with Gasteiger partial charge in [0.05, 0.1) is 18.8 Å². The van der Waals surface area contributed by atoms with Gasteiger partial charge in [0.2, 0.25) is 5.91 Å². The maximum atomic E-state index is 11.2. The second kappa shape index (κ2) is 6.93. The summed E-state index contributed by atoms with van der Waals surface area (Å²) in [6.45, 7) is 4.91. The van der Waals surface area contributed by atoms with Gasteiger partial charge in [-0.15, -0.1) is 0 Å². The second-order valence-electron chi connectivity index (χ2n) is 4.85. The van der Waals surface area contributed by atoms with Gasteiger partial charge in [0.15, 0.2) is 0 Å². The van der Waals surface area contributed by atoms with Crippen molar-refractivity contribution in [1.29, 1.82) is 0 Å². The summed E-state index contributed by atoms with van der Waals surface area (Å²) in [6.07, 6.45) is 2.61. The molecule has 1 saturated heterocycles. The number of hydrogen-bond donors (Lipinski definition) is 2. The Morgan fingerprint density at radius 2 is 2.41 bits per heavy atom. The molecule has 100 valence electrons. The highest BCUT2D eigenvalue weighted by Gasteiger charge is 2.28. The van der Waals surface area contributed by atoms with E-state index >= 15 is 0 Å². The first-order valence-corrected chi connectivity index (χ1v) is 6.23. The lowest BCUT2D eigenvalue weighted by Gasteiger charge is -2.25.